The Morgan fingerprint density at radius 1 is 1.02 bits per heavy atom. The number of benzene rings is 2. The molecule has 2 aromatic heterocycles. The Kier molecular flexibility index (Phi) is 9.48. The summed E-state index contributed by atoms with van der Waals surface area (Å²) in [5.41, 5.74) is 1.89. The number of likely N-dealkylation sites (tertiary alicyclic amines) is 2. The lowest BCUT2D eigenvalue weighted by molar-refractivity contribution is -0.0525. The first-order valence-electron chi connectivity index (χ1n) is 17.4. The molecule has 2 aliphatic heterocycles. The Morgan fingerprint density at radius 3 is 2.46 bits per heavy atom. The molecule has 2 aromatic carbocycles. The van der Waals surface area contributed by atoms with E-state index in [1.54, 1.807) is 17.0 Å². The smallest absolute Gasteiger partial charge is 0.410 e. The first kappa shape index (κ1) is 35.5. The molecular weight excluding hydrogens is 682 g/mol. The van der Waals surface area contributed by atoms with Crippen LogP contribution in [-0.2, 0) is 11.2 Å². The predicted molar refractivity (Wildman–Crippen MR) is 185 cm³/mol. The zero-order chi connectivity index (χ0) is 36.9. The van der Waals surface area contributed by atoms with E-state index < -0.39 is 29.6 Å². The van der Waals surface area contributed by atoms with Crippen LogP contribution in [0.25, 0.3) is 16.9 Å². The molecule has 1 aliphatic carbocycles. The number of nitrogens with one attached hydrogen (secondary N) is 2. The standard InChI is InChI=1S/C37H41F4N7O4/c1-5-21-12-22(45-32-33-43-14-28(48(33)11-10-42-32)24-8-9-29(51-35(40)41)31(39)30(24)38)6-7-23(21)34(49)44-13-25-26-18-46(19-27(25)26)15-20-16-47(17-20)36(50)52-37(2,3)4/h6-12,14,20,25-27,35H,5,13,15-19H2,1-4H3,(H,42,45)(H,44,49). The van der Waals surface area contributed by atoms with Crippen LogP contribution in [0.3, 0.4) is 0 Å². The molecule has 52 heavy (non-hydrogen) atoms. The van der Waals surface area contributed by atoms with Gasteiger partial charge >= 0.3 is 12.7 Å². The maximum atomic E-state index is 14.9. The second kappa shape index (κ2) is 13.9. The van der Waals surface area contributed by atoms with E-state index in [0.717, 1.165) is 50.4 Å². The molecule has 0 bridgehead atoms. The quantitative estimate of drug-likeness (QED) is 0.172. The van der Waals surface area contributed by atoms with Gasteiger partial charge in [0.1, 0.15) is 5.60 Å². The Morgan fingerprint density at radius 2 is 1.77 bits per heavy atom. The number of imidazole rings is 1. The number of hydrogen-bond donors (Lipinski definition) is 2. The van der Waals surface area contributed by atoms with E-state index in [2.05, 4.69) is 30.2 Å². The molecule has 15 heteroatoms. The fourth-order valence-corrected chi connectivity index (χ4v) is 7.47. The molecule has 276 valence electrons. The topological polar surface area (TPSA) is 113 Å². The summed E-state index contributed by atoms with van der Waals surface area (Å²) >= 11 is 0. The number of piperidine rings is 1. The van der Waals surface area contributed by atoms with Crippen molar-refractivity contribution < 1.29 is 36.6 Å². The van der Waals surface area contributed by atoms with Crippen molar-refractivity contribution in [3.63, 3.8) is 0 Å². The molecule has 2 N–H and O–H groups in total. The first-order valence-corrected chi connectivity index (χ1v) is 17.4. The highest BCUT2D eigenvalue weighted by Gasteiger charge is 2.55. The first-order chi connectivity index (χ1) is 24.8. The van der Waals surface area contributed by atoms with Crippen LogP contribution in [0.15, 0.2) is 48.9 Å². The average molecular weight is 724 g/mol. The number of fused-ring (bicyclic) bond motifs is 2. The van der Waals surface area contributed by atoms with Crippen LogP contribution < -0.4 is 15.4 Å². The van der Waals surface area contributed by atoms with Gasteiger partial charge in [0.15, 0.2) is 23.0 Å². The molecule has 2 atom stereocenters. The second-order valence-corrected chi connectivity index (χ2v) is 14.8. The van der Waals surface area contributed by atoms with Crippen molar-refractivity contribution in [1.29, 1.82) is 0 Å². The summed E-state index contributed by atoms with van der Waals surface area (Å²) in [6.45, 7) is 9.39. The molecule has 1 saturated carbocycles. The monoisotopic (exact) mass is 723 g/mol. The molecule has 4 heterocycles. The van der Waals surface area contributed by atoms with E-state index in [1.165, 1.54) is 23.0 Å². The largest absolute Gasteiger partial charge is 0.444 e. The summed E-state index contributed by atoms with van der Waals surface area (Å²) in [6, 6.07) is 7.50. The molecule has 2 saturated heterocycles. The van der Waals surface area contributed by atoms with Crippen LogP contribution in [0, 0.1) is 35.3 Å². The molecule has 0 radical (unpaired) electrons. The average Bonchev–Trinajstić information content (AvgIpc) is 3.34. The Bertz CT molecular complexity index is 1980. The lowest BCUT2D eigenvalue weighted by Crippen LogP contribution is -2.54. The van der Waals surface area contributed by atoms with Gasteiger partial charge in [0, 0.05) is 74.4 Å². The van der Waals surface area contributed by atoms with Gasteiger partial charge in [-0.3, -0.25) is 9.20 Å². The van der Waals surface area contributed by atoms with Crippen molar-refractivity contribution in [2.24, 2.45) is 23.7 Å². The van der Waals surface area contributed by atoms with Crippen molar-refractivity contribution >= 4 is 29.2 Å². The zero-order valence-corrected chi connectivity index (χ0v) is 29.3. The minimum Gasteiger partial charge on any atom is -0.444 e. The number of aryl methyl sites for hydroxylation is 1. The maximum Gasteiger partial charge on any atom is 0.410 e. The van der Waals surface area contributed by atoms with Crippen molar-refractivity contribution in [3.8, 4) is 17.0 Å². The number of aromatic nitrogens is 3. The minimum absolute atomic E-state index is 0.126. The minimum atomic E-state index is -3.30. The molecule has 7 rings (SSSR count). The van der Waals surface area contributed by atoms with Crippen molar-refractivity contribution in [1.82, 2.24) is 29.5 Å². The number of carbonyl (C=O) groups excluding carboxylic acids is 2. The third-order valence-corrected chi connectivity index (χ3v) is 10.0. The molecule has 2 amide bonds. The van der Waals surface area contributed by atoms with E-state index in [-0.39, 0.29) is 23.3 Å². The molecule has 4 aromatic rings. The zero-order valence-electron chi connectivity index (χ0n) is 29.3. The maximum absolute atomic E-state index is 14.9. The number of alkyl halides is 2. The summed E-state index contributed by atoms with van der Waals surface area (Å²) in [5.74, 6) is -1.48. The molecular formula is C37H41F4N7O4. The summed E-state index contributed by atoms with van der Waals surface area (Å²) < 4.78 is 65.6. The van der Waals surface area contributed by atoms with Gasteiger partial charge in [-0.05, 0) is 80.8 Å². The van der Waals surface area contributed by atoms with Gasteiger partial charge < -0.3 is 29.9 Å². The van der Waals surface area contributed by atoms with Crippen molar-refractivity contribution in [2.45, 2.75) is 46.3 Å². The van der Waals surface area contributed by atoms with E-state index >= 15 is 0 Å². The summed E-state index contributed by atoms with van der Waals surface area (Å²) in [6.07, 6.45) is 4.68. The van der Waals surface area contributed by atoms with E-state index in [9.17, 15) is 27.2 Å². The number of nitrogens with zero attached hydrogens (tertiary/aromatic N) is 5. The lowest BCUT2D eigenvalue weighted by Gasteiger charge is -2.41. The van der Waals surface area contributed by atoms with Gasteiger partial charge in [-0.1, -0.05) is 6.92 Å². The summed E-state index contributed by atoms with van der Waals surface area (Å²) in [4.78, 5) is 38.5. The van der Waals surface area contributed by atoms with Gasteiger partial charge in [0.05, 0.1) is 11.9 Å². The van der Waals surface area contributed by atoms with Crippen molar-refractivity contribution in [3.05, 3.63) is 71.7 Å². The predicted octanol–water partition coefficient (Wildman–Crippen LogP) is 6.36. The Hall–Kier alpha value is -4.92. The Labute approximate surface area is 298 Å². The van der Waals surface area contributed by atoms with E-state index in [4.69, 9.17) is 4.74 Å². The van der Waals surface area contributed by atoms with Gasteiger partial charge in [-0.15, -0.1) is 0 Å². The number of rotatable bonds is 11. The molecule has 2 unspecified atom stereocenters. The van der Waals surface area contributed by atoms with Gasteiger partial charge in [0.2, 0.25) is 5.82 Å². The van der Waals surface area contributed by atoms with Crippen LogP contribution in [-0.4, -0.2) is 87.6 Å². The van der Waals surface area contributed by atoms with E-state index in [1.807, 2.05) is 33.8 Å². The third kappa shape index (κ3) is 7.23. The van der Waals surface area contributed by atoms with Gasteiger partial charge in [-0.25, -0.2) is 19.2 Å². The fourth-order valence-electron chi connectivity index (χ4n) is 7.47. The molecule has 0 spiro atoms. The molecule has 11 nitrogen and oxygen atoms in total. The van der Waals surface area contributed by atoms with Gasteiger partial charge in [-0.2, -0.15) is 13.2 Å². The lowest BCUT2D eigenvalue weighted by atomic mass is 10.00. The SMILES string of the molecule is CCc1cc(Nc2nccn3c(-c4ccc(OC(F)F)c(F)c4F)cnc23)ccc1C(=O)NCC1C2CN(CC3CN(C(=O)OC(C)(C)C)C3)CC12. The summed E-state index contributed by atoms with van der Waals surface area (Å²) in [7, 11) is 0. The number of anilines is 2. The van der Waals surface area contributed by atoms with Crippen LogP contribution in [0.4, 0.5) is 33.9 Å². The number of carbonyl (C=O) groups is 2. The second-order valence-electron chi connectivity index (χ2n) is 14.8. The molecule has 3 aliphatic rings. The highest BCUT2D eigenvalue weighted by Crippen LogP contribution is 2.51. The third-order valence-electron chi connectivity index (χ3n) is 10.0. The van der Waals surface area contributed by atoms with Crippen LogP contribution in [0.2, 0.25) is 0 Å². The summed E-state index contributed by atoms with van der Waals surface area (Å²) in [5, 5.41) is 6.36. The van der Waals surface area contributed by atoms with E-state index in [0.29, 0.717) is 59.4 Å². The van der Waals surface area contributed by atoms with Crippen molar-refractivity contribution in [2.75, 3.05) is 44.6 Å². The number of amides is 2. The highest BCUT2D eigenvalue weighted by molar-refractivity contribution is 5.96. The number of ether oxygens (including phenoxy) is 2. The van der Waals surface area contributed by atoms with Crippen LogP contribution >= 0.6 is 0 Å². The molecule has 3 fully saturated rings. The van der Waals surface area contributed by atoms with Crippen LogP contribution in [0.5, 0.6) is 5.75 Å². The Balaban J connectivity index is 0.928. The number of hydrogen-bond acceptors (Lipinski definition) is 8. The number of halogens is 4. The van der Waals surface area contributed by atoms with Gasteiger partial charge in [0.25, 0.3) is 5.91 Å². The normalized spacial score (nSPS) is 20.2. The highest BCUT2D eigenvalue weighted by atomic mass is 19.3. The fraction of sp³-hybridized carbons (Fsp3) is 0.459. The van der Waals surface area contributed by atoms with Crippen LogP contribution in [0.1, 0.15) is 43.6 Å².